The Morgan fingerprint density at radius 2 is 2.14 bits per heavy atom. The van der Waals surface area contributed by atoms with Crippen molar-refractivity contribution in [1.29, 1.82) is 0 Å². The highest BCUT2D eigenvalue weighted by Gasteiger charge is 2.16. The second kappa shape index (κ2) is 9.15. The van der Waals surface area contributed by atoms with E-state index in [9.17, 15) is 4.79 Å². The number of nitrogens with one attached hydrogen (secondary N) is 1. The van der Waals surface area contributed by atoms with Crippen LogP contribution < -0.4 is 10.1 Å². The van der Waals surface area contributed by atoms with Gasteiger partial charge in [-0.2, -0.15) is 0 Å². The number of thioether (sulfide) groups is 1. The zero-order chi connectivity index (χ0) is 20.1. The second-order valence-electron chi connectivity index (χ2n) is 6.57. The minimum atomic E-state index is -0.0481. The van der Waals surface area contributed by atoms with Crippen LogP contribution in [0.2, 0.25) is 0 Å². The maximum atomic E-state index is 12.1. The van der Waals surface area contributed by atoms with Crippen LogP contribution in [0.5, 0.6) is 5.75 Å². The third kappa shape index (κ3) is 4.80. The summed E-state index contributed by atoms with van der Waals surface area (Å²) in [7, 11) is 1.63. The second-order valence-corrected chi connectivity index (χ2v) is 7.53. The summed E-state index contributed by atoms with van der Waals surface area (Å²) in [6.45, 7) is 1.33. The van der Waals surface area contributed by atoms with Crippen LogP contribution in [0, 0.1) is 0 Å². The number of ether oxygens (including phenoxy) is 2. The van der Waals surface area contributed by atoms with E-state index < -0.39 is 0 Å². The van der Waals surface area contributed by atoms with Gasteiger partial charge in [0.15, 0.2) is 11.5 Å². The molecule has 1 saturated heterocycles. The smallest absolute Gasteiger partial charge is 0.230 e. The van der Waals surface area contributed by atoms with Crippen molar-refractivity contribution >= 4 is 28.7 Å². The van der Waals surface area contributed by atoms with Crippen LogP contribution in [0.1, 0.15) is 12.8 Å². The first-order valence-electron chi connectivity index (χ1n) is 9.36. The van der Waals surface area contributed by atoms with Gasteiger partial charge in [-0.15, -0.1) is 0 Å². The molecule has 29 heavy (non-hydrogen) atoms. The molecule has 3 aromatic rings. The van der Waals surface area contributed by atoms with E-state index in [1.807, 2.05) is 24.3 Å². The van der Waals surface area contributed by atoms with Crippen LogP contribution in [0.25, 0.3) is 22.4 Å². The molecular formula is C20H21N5O3S. The number of fused-ring (bicyclic) bond motifs is 1. The zero-order valence-electron chi connectivity index (χ0n) is 16.0. The molecule has 1 aromatic carbocycles. The van der Waals surface area contributed by atoms with Crippen molar-refractivity contribution in [2.45, 2.75) is 24.0 Å². The first-order chi connectivity index (χ1) is 14.2. The number of amides is 1. The van der Waals surface area contributed by atoms with Crippen molar-refractivity contribution < 1.29 is 14.3 Å². The van der Waals surface area contributed by atoms with Crippen LogP contribution in [0.15, 0.2) is 41.8 Å². The third-order valence-corrected chi connectivity index (χ3v) is 5.60. The lowest BCUT2D eigenvalue weighted by molar-refractivity contribution is -0.119. The molecule has 1 unspecified atom stereocenters. The van der Waals surface area contributed by atoms with Crippen LogP contribution >= 0.6 is 11.8 Å². The SMILES string of the molecule is COc1ccc(-c2ncc3c(SCC(=O)NCC4CCCO4)ncnc3n2)cc1. The number of hydrogen-bond acceptors (Lipinski definition) is 8. The summed E-state index contributed by atoms with van der Waals surface area (Å²) in [5.41, 5.74) is 1.41. The van der Waals surface area contributed by atoms with E-state index in [0.29, 0.717) is 23.0 Å². The van der Waals surface area contributed by atoms with Gasteiger partial charge in [0, 0.05) is 24.9 Å². The number of rotatable bonds is 7. The van der Waals surface area contributed by atoms with Gasteiger partial charge in [0.05, 0.1) is 24.4 Å². The molecule has 1 aliphatic rings. The van der Waals surface area contributed by atoms with Crippen molar-refractivity contribution in [1.82, 2.24) is 25.3 Å². The quantitative estimate of drug-likeness (QED) is 0.468. The minimum Gasteiger partial charge on any atom is -0.497 e. The van der Waals surface area contributed by atoms with E-state index in [1.165, 1.54) is 18.1 Å². The van der Waals surface area contributed by atoms with Gasteiger partial charge in [-0.25, -0.2) is 19.9 Å². The number of hydrogen-bond donors (Lipinski definition) is 1. The molecule has 3 heterocycles. The topological polar surface area (TPSA) is 99.1 Å². The number of carbonyl (C=O) groups is 1. The van der Waals surface area contributed by atoms with Crippen molar-refractivity contribution in [2.75, 3.05) is 26.0 Å². The Morgan fingerprint density at radius 3 is 2.90 bits per heavy atom. The van der Waals surface area contributed by atoms with Gasteiger partial charge in [0.1, 0.15) is 17.1 Å². The molecule has 0 bridgehead atoms. The molecule has 0 saturated carbocycles. The van der Waals surface area contributed by atoms with E-state index in [0.717, 1.165) is 36.1 Å². The van der Waals surface area contributed by atoms with E-state index in [-0.39, 0.29) is 17.8 Å². The lowest BCUT2D eigenvalue weighted by atomic mass is 10.2. The summed E-state index contributed by atoms with van der Waals surface area (Å²) in [5, 5.41) is 4.32. The first kappa shape index (κ1) is 19.5. The van der Waals surface area contributed by atoms with Crippen LogP contribution in [0.4, 0.5) is 0 Å². The number of nitrogens with zero attached hydrogens (tertiary/aromatic N) is 4. The predicted octanol–water partition coefficient (Wildman–Crippen LogP) is 2.48. The van der Waals surface area contributed by atoms with Gasteiger partial charge in [-0.3, -0.25) is 4.79 Å². The zero-order valence-corrected chi connectivity index (χ0v) is 16.8. The molecule has 1 aliphatic heterocycles. The summed E-state index contributed by atoms with van der Waals surface area (Å²) >= 11 is 1.35. The Hall–Kier alpha value is -2.78. The average molecular weight is 411 g/mol. The Labute approximate surface area is 172 Å². The molecule has 0 aliphatic carbocycles. The Balaban J connectivity index is 1.43. The van der Waals surface area contributed by atoms with Crippen molar-refractivity contribution in [3.05, 3.63) is 36.8 Å². The number of methoxy groups -OCH3 is 1. The largest absolute Gasteiger partial charge is 0.497 e. The lowest BCUT2D eigenvalue weighted by Crippen LogP contribution is -2.32. The normalized spacial score (nSPS) is 16.1. The summed E-state index contributed by atoms with van der Waals surface area (Å²) < 4.78 is 10.7. The number of aromatic nitrogens is 4. The monoisotopic (exact) mass is 411 g/mol. The van der Waals surface area contributed by atoms with Gasteiger partial charge >= 0.3 is 0 Å². The van der Waals surface area contributed by atoms with Crippen molar-refractivity contribution in [3.63, 3.8) is 0 Å². The summed E-state index contributed by atoms with van der Waals surface area (Å²) in [6.07, 6.45) is 5.35. The maximum absolute atomic E-state index is 12.1. The molecule has 1 atom stereocenters. The molecule has 2 aromatic heterocycles. The first-order valence-corrected chi connectivity index (χ1v) is 10.3. The molecule has 0 spiro atoms. The number of carbonyl (C=O) groups excluding carboxylic acids is 1. The Kier molecular flexibility index (Phi) is 6.16. The maximum Gasteiger partial charge on any atom is 0.230 e. The molecule has 0 radical (unpaired) electrons. The average Bonchev–Trinajstić information content (AvgIpc) is 3.29. The Morgan fingerprint density at radius 1 is 1.28 bits per heavy atom. The van der Waals surface area contributed by atoms with Gasteiger partial charge in [0.25, 0.3) is 0 Å². The minimum absolute atomic E-state index is 0.0481. The van der Waals surface area contributed by atoms with Crippen LogP contribution in [0.3, 0.4) is 0 Å². The molecule has 4 rings (SSSR count). The number of benzene rings is 1. The highest BCUT2D eigenvalue weighted by atomic mass is 32.2. The van der Waals surface area contributed by atoms with Gasteiger partial charge in [-0.05, 0) is 37.1 Å². The Bertz CT molecular complexity index is 993. The fourth-order valence-corrected chi connectivity index (χ4v) is 3.83. The standard InChI is InChI=1S/C20H21N5O3S/c1-27-14-6-4-13(5-7-14)18-22-10-16-19(25-18)23-12-24-20(16)29-11-17(26)21-9-15-3-2-8-28-15/h4-7,10,12,15H,2-3,8-9,11H2,1H3,(H,21,26). The molecular weight excluding hydrogens is 390 g/mol. The van der Waals surface area contributed by atoms with Crippen LogP contribution in [-0.2, 0) is 9.53 Å². The summed E-state index contributed by atoms with van der Waals surface area (Å²) in [4.78, 5) is 29.7. The van der Waals surface area contributed by atoms with Gasteiger partial charge < -0.3 is 14.8 Å². The predicted molar refractivity (Wildman–Crippen MR) is 110 cm³/mol. The summed E-state index contributed by atoms with van der Waals surface area (Å²) in [5.74, 6) is 1.56. The van der Waals surface area contributed by atoms with Crippen LogP contribution in [-0.4, -0.2) is 58.0 Å². The van der Waals surface area contributed by atoms with E-state index in [2.05, 4.69) is 25.3 Å². The van der Waals surface area contributed by atoms with Crippen molar-refractivity contribution in [2.24, 2.45) is 0 Å². The van der Waals surface area contributed by atoms with Gasteiger partial charge in [0.2, 0.25) is 5.91 Å². The fourth-order valence-electron chi connectivity index (χ4n) is 3.04. The van der Waals surface area contributed by atoms with E-state index >= 15 is 0 Å². The highest BCUT2D eigenvalue weighted by molar-refractivity contribution is 8.00. The lowest BCUT2D eigenvalue weighted by Gasteiger charge is -2.10. The molecule has 9 heteroatoms. The molecule has 1 fully saturated rings. The molecule has 1 amide bonds. The van der Waals surface area contributed by atoms with Gasteiger partial charge in [-0.1, -0.05) is 11.8 Å². The molecule has 1 N–H and O–H groups in total. The molecule has 150 valence electrons. The summed E-state index contributed by atoms with van der Waals surface area (Å²) in [6, 6.07) is 7.52. The van der Waals surface area contributed by atoms with E-state index in [4.69, 9.17) is 9.47 Å². The fraction of sp³-hybridized carbons (Fsp3) is 0.350. The molecule has 8 nitrogen and oxygen atoms in total. The highest BCUT2D eigenvalue weighted by Crippen LogP contribution is 2.25. The van der Waals surface area contributed by atoms with Crippen molar-refractivity contribution in [3.8, 4) is 17.1 Å². The van der Waals surface area contributed by atoms with E-state index in [1.54, 1.807) is 13.3 Å². The third-order valence-electron chi connectivity index (χ3n) is 4.59.